The van der Waals surface area contributed by atoms with Gasteiger partial charge in [-0.05, 0) is 52.2 Å². The van der Waals surface area contributed by atoms with Crippen LogP contribution in [0.2, 0.25) is 0 Å². The van der Waals surface area contributed by atoms with Crippen molar-refractivity contribution in [2.24, 2.45) is 0 Å². The lowest BCUT2D eigenvalue weighted by Crippen LogP contribution is -2.24. The lowest BCUT2D eigenvalue weighted by atomic mass is 10.1. The maximum atomic E-state index is 4.33. The molecule has 2 rings (SSSR count). The number of nitrogens with zero attached hydrogens (tertiary/aromatic N) is 3. The fourth-order valence-corrected chi connectivity index (χ4v) is 2.69. The maximum Gasteiger partial charge on any atom is 0.0951 e. The van der Waals surface area contributed by atoms with Gasteiger partial charge in [-0.1, -0.05) is 13.8 Å². The van der Waals surface area contributed by atoms with E-state index in [9.17, 15) is 0 Å². The van der Waals surface area contributed by atoms with Crippen molar-refractivity contribution in [3.8, 4) is 0 Å². The Hall–Kier alpha value is -0.870. The second-order valence-electron chi connectivity index (χ2n) is 5.97. The first kappa shape index (κ1) is 15.5. The van der Waals surface area contributed by atoms with E-state index < -0.39 is 0 Å². The van der Waals surface area contributed by atoms with Crippen LogP contribution in [0.15, 0.2) is 12.5 Å². The molecule has 0 aromatic carbocycles. The van der Waals surface area contributed by atoms with Crippen molar-refractivity contribution in [2.45, 2.75) is 65.1 Å². The molecule has 1 aromatic rings. The summed E-state index contributed by atoms with van der Waals surface area (Å²) in [5.41, 5.74) is 1.33. The van der Waals surface area contributed by atoms with E-state index in [0.717, 1.165) is 25.7 Å². The largest absolute Gasteiger partial charge is 0.331 e. The first-order valence-electron chi connectivity index (χ1n) is 8.21. The van der Waals surface area contributed by atoms with Gasteiger partial charge in [-0.2, -0.15) is 0 Å². The van der Waals surface area contributed by atoms with Gasteiger partial charge in [0.05, 0.1) is 12.0 Å². The lowest BCUT2D eigenvalue weighted by molar-refractivity contribution is 0.287. The molecule has 4 heteroatoms. The fraction of sp³-hybridized carbons (Fsp3) is 0.812. The molecular weight excluding hydrogens is 248 g/mol. The summed E-state index contributed by atoms with van der Waals surface area (Å²) in [7, 11) is 0. The summed E-state index contributed by atoms with van der Waals surface area (Å²) in [6, 6.07) is 1.31. The smallest absolute Gasteiger partial charge is 0.0951 e. The summed E-state index contributed by atoms with van der Waals surface area (Å²) in [5.74, 6) is 0. The summed E-state index contributed by atoms with van der Waals surface area (Å²) in [6.45, 7) is 11.3. The highest BCUT2D eigenvalue weighted by Gasteiger charge is 2.21. The molecule has 1 aromatic heterocycles. The lowest BCUT2D eigenvalue weighted by Gasteiger charge is -2.21. The predicted molar refractivity (Wildman–Crippen MR) is 83.8 cm³/mol. The van der Waals surface area contributed by atoms with Crippen LogP contribution in [-0.4, -0.2) is 40.1 Å². The van der Waals surface area contributed by atoms with Crippen LogP contribution in [0.25, 0.3) is 0 Å². The zero-order valence-electron chi connectivity index (χ0n) is 13.3. The van der Waals surface area contributed by atoms with Crippen LogP contribution in [0.1, 0.15) is 58.2 Å². The highest BCUT2D eigenvalue weighted by Crippen LogP contribution is 2.20. The zero-order chi connectivity index (χ0) is 14.4. The molecule has 4 nitrogen and oxygen atoms in total. The van der Waals surface area contributed by atoms with Crippen molar-refractivity contribution in [3.05, 3.63) is 18.2 Å². The second kappa shape index (κ2) is 7.79. The summed E-state index contributed by atoms with van der Waals surface area (Å²) in [5, 5.41) is 3.58. The average molecular weight is 278 g/mol. The number of rotatable bonds is 10. The van der Waals surface area contributed by atoms with Gasteiger partial charge < -0.3 is 14.8 Å². The third-order valence-electron chi connectivity index (χ3n) is 4.36. The van der Waals surface area contributed by atoms with E-state index >= 15 is 0 Å². The Labute approximate surface area is 123 Å². The quantitative estimate of drug-likeness (QED) is 0.714. The molecule has 1 fully saturated rings. The number of hydrogen-bond acceptors (Lipinski definition) is 3. The fourth-order valence-electron chi connectivity index (χ4n) is 2.69. The average Bonchev–Trinajstić information content (AvgIpc) is 3.17. The van der Waals surface area contributed by atoms with Gasteiger partial charge in [0.2, 0.25) is 0 Å². The third kappa shape index (κ3) is 4.60. The van der Waals surface area contributed by atoms with Gasteiger partial charge in [0.15, 0.2) is 0 Å². The summed E-state index contributed by atoms with van der Waals surface area (Å²) < 4.78 is 2.34. The molecule has 1 aliphatic rings. The minimum Gasteiger partial charge on any atom is -0.331 e. The Morgan fingerprint density at radius 1 is 1.40 bits per heavy atom. The van der Waals surface area contributed by atoms with E-state index in [2.05, 4.69) is 40.5 Å². The number of imidazole rings is 1. The minimum absolute atomic E-state index is 0.545. The van der Waals surface area contributed by atoms with Crippen LogP contribution in [0.5, 0.6) is 0 Å². The first-order valence-corrected chi connectivity index (χ1v) is 8.21. The molecule has 0 spiro atoms. The van der Waals surface area contributed by atoms with Crippen molar-refractivity contribution in [1.29, 1.82) is 0 Å². The van der Waals surface area contributed by atoms with Crippen LogP contribution in [0.4, 0.5) is 0 Å². The molecule has 1 unspecified atom stereocenters. The Kier molecular flexibility index (Phi) is 6.05. The van der Waals surface area contributed by atoms with Crippen molar-refractivity contribution >= 4 is 0 Å². The second-order valence-corrected chi connectivity index (χ2v) is 5.97. The van der Waals surface area contributed by atoms with Gasteiger partial charge in [-0.3, -0.25) is 0 Å². The SMILES string of the molecule is CCN(CC)CCCC(C)n1cncc1CNC1CC1. The zero-order valence-corrected chi connectivity index (χ0v) is 13.3. The summed E-state index contributed by atoms with van der Waals surface area (Å²) in [4.78, 5) is 6.83. The molecular formula is C16H30N4. The van der Waals surface area contributed by atoms with E-state index in [-0.39, 0.29) is 0 Å². The molecule has 1 atom stereocenters. The van der Waals surface area contributed by atoms with Crippen LogP contribution >= 0.6 is 0 Å². The molecule has 0 amide bonds. The van der Waals surface area contributed by atoms with E-state index in [4.69, 9.17) is 0 Å². The summed E-state index contributed by atoms with van der Waals surface area (Å²) in [6.07, 6.45) is 9.17. The Balaban J connectivity index is 1.76. The summed E-state index contributed by atoms with van der Waals surface area (Å²) >= 11 is 0. The van der Waals surface area contributed by atoms with Gasteiger partial charge in [0.25, 0.3) is 0 Å². The Morgan fingerprint density at radius 3 is 2.80 bits per heavy atom. The molecule has 0 bridgehead atoms. The standard InChI is InChI=1S/C16H30N4/c1-4-19(5-2)10-6-7-14(3)20-13-17-11-16(20)12-18-15-8-9-15/h11,13-15,18H,4-10,12H2,1-3H3. The van der Waals surface area contributed by atoms with E-state index in [1.165, 1.54) is 37.9 Å². The molecule has 1 aliphatic carbocycles. The first-order chi connectivity index (χ1) is 9.74. The molecule has 114 valence electrons. The highest BCUT2D eigenvalue weighted by molar-refractivity contribution is 5.01. The minimum atomic E-state index is 0.545. The molecule has 0 radical (unpaired) electrons. The number of aromatic nitrogens is 2. The maximum absolute atomic E-state index is 4.33. The van der Waals surface area contributed by atoms with Gasteiger partial charge in [-0.25, -0.2) is 4.98 Å². The van der Waals surface area contributed by atoms with Crippen molar-refractivity contribution in [2.75, 3.05) is 19.6 Å². The Morgan fingerprint density at radius 2 is 2.15 bits per heavy atom. The van der Waals surface area contributed by atoms with Crippen molar-refractivity contribution in [3.63, 3.8) is 0 Å². The van der Waals surface area contributed by atoms with Crippen LogP contribution < -0.4 is 5.32 Å². The normalized spacial score (nSPS) is 16.8. The molecule has 0 aliphatic heterocycles. The highest BCUT2D eigenvalue weighted by atomic mass is 15.1. The molecule has 20 heavy (non-hydrogen) atoms. The van der Waals surface area contributed by atoms with E-state index in [0.29, 0.717) is 6.04 Å². The topological polar surface area (TPSA) is 33.1 Å². The molecule has 0 saturated heterocycles. The van der Waals surface area contributed by atoms with Crippen LogP contribution in [-0.2, 0) is 6.54 Å². The van der Waals surface area contributed by atoms with Crippen LogP contribution in [0, 0.1) is 0 Å². The van der Waals surface area contributed by atoms with Gasteiger partial charge in [0.1, 0.15) is 0 Å². The predicted octanol–water partition coefficient (Wildman–Crippen LogP) is 2.82. The van der Waals surface area contributed by atoms with Gasteiger partial charge in [0, 0.05) is 24.8 Å². The monoisotopic (exact) mass is 278 g/mol. The molecule has 1 saturated carbocycles. The van der Waals surface area contributed by atoms with E-state index in [1.54, 1.807) is 0 Å². The van der Waals surface area contributed by atoms with Gasteiger partial charge in [-0.15, -0.1) is 0 Å². The Bertz CT molecular complexity index is 380. The van der Waals surface area contributed by atoms with Gasteiger partial charge >= 0.3 is 0 Å². The van der Waals surface area contributed by atoms with Crippen molar-refractivity contribution in [1.82, 2.24) is 19.8 Å². The molecule has 1 heterocycles. The molecule has 1 N–H and O–H groups in total. The number of hydrogen-bond donors (Lipinski definition) is 1. The van der Waals surface area contributed by atoms with Crippen molar-refractivity contribution < 1.29 is 0 Å². The number of nitrogens with one attached hydrogen (secondary N) is 1. The van der Waals surface area contributed by atoms with Crippen LogP contribution in [0.3, 0.4) is 0 Å². The third-order valence-corrected chi connectivity index (χ3v) is 4.36. The van der Waals surface area contributed by atoms with E-state index in [1.807, 2.05) is 12.5 Å².